The predicted octanol–water partition coefficient (Wildman–Crippen LogP) is 4.20. The zero-order valence-corrected chi connectivity index (χ0v) is 19.8. The van der Waals surface area contributed by atoms with Crippen molar-refractivity contribution >= 4 is 39.4 Å². The van der Waals surface area contributed by atoms with Crippen LogP contribution in [0.15, 0.2) is 61.4 Å². The lowest BCUT2D eigenvalue weighted by atomic mass is 10.1. The van der Waals surface area contributed by atoms with Crippen LogP contribution in [0.2, 0.25) is 5.02 Å². The zero-order chi connectivity index (χ0) is 24.1. The molecule has 0 fully saturated rings. The van der Waals surface area contributed by atoms with E-state index in [9.17, 15) is 0 Å². The average molecular weight is 485 g/mol. The highest BCUT2D eigenvalue weighted by molar-refractivity contribution is 6.31. The van der Waals surface area contributed by atoms with Crippen LogP contribution in [0.5, 0.6) is 0 Å². The fraction of sp³-hybridized carbons (Fsp3) is 0.167. The fourth-order valence-electron chi connectivity index (χ4n) is 4.47. The van der Waals surface area contributed by atoms with Gasteiger partial charge < -0.3 is 5.73 Å². The molecule has 0 aliphatic rings. The van der Waals surface area contributed by atoms with Crippen molar-refractivity contribution in [2.24, 2.45) is 7.05 Å². The van der Waals surface area contributed by atoms with E-state index in [4.69, 9.17) is 27.5 Å². The van der Waals surface area contributed by atoms with Crippen molar-refractivity contribution in [3.63, 3.8) is 0 Å². The molecule has 174 valence electrons. The number of fused-ring (bicyclic) bond motifs is 2. The number of benzene rings is 1. The second kappa shape index (κ2) is 8.17. The number of nitrogens with two attached hydrogens (primary N) is 1. The van der Waals surface area contributed by atoms with Gasteiger partial charge in [-0.15, -0.1) is 0 Å². The normalized spacial score (nSPS) is 12.5. The van der Waals surface area contributed by atoms with Gasteiger partial charge in [0.1, 0.15) is 17.8 Å². The smallest absolute Gasteiger partial charge is 0.164 e. The molecule has 10 nitrogen and oxygen atoms in total. The molecule has 0 aliphatic carbocycles. The molecular weight excluding hydrogens is 464 g/mol. The molecule has 0 saturated heterocycles. The van der Waals surface area contributed by atoms with E-state index < -0.39 is 0 Å². The molecule has 1 aromatic carbocycles. The molecule has 35 heavy (non-hydrogen) atoms. The Morgan fingerprint density at radius 3 is 2.74 bits per heavy atom. The fourth-order valence-corrected chi connectivity index (χ4v) is 4.64. The van der Waals surface area contributed by atoms with Crippen LogP contribution in [0.25, 0.3) is 38.9 Å². The average Bonchev–Trinajstić information content (AvgIpc) is 3.57. The summed E-state index contributed by atoms with van der Waals surface area (Å²) >= 11 is 6.37. The highest BCUT2D eigenvalue weighted by atomic mass is 35.5. The maximum Gasteiger partial charge on any atom is 0.164 e. The van der Waals surface area contributed by atoms with Crippen LogP contribution in [-0.4, -0.2) is 44.3 Å². The lowest BCUT2D eigenvalue weighted by Gasteiger charge is -2.14. The van der Waals surface area contributed by atoms with Crippen LogP contribution >= 0.6 is 11.6 Å². The van der Waals surface area contributed by atoms with Gasteiger partial charge in [0.25, 0.3) is 0 Å². The number of anilines is 1. The summed E-state index contributed by atoms with van der Waals surface area (Å²) in [5, 5.41) is 16.6. The molecule has 0 spiro atoms. The Balaban J connectivity index is 1.61. The molecule has 5 aromatic heterocycles. The number of nitrogens with zero attached hydrogens (tertiary/aromatic N) is 9. The van der Waals surface area contributed by atoms with E-state index in [-0.39, 0.29) is 6.04 Å². The van der Waals surface area contributed by atoms with Gasteiger partial charge in [0.15, 0.2) is 5.65 Å². The minimum atomic E-state index is -0.223. The van der Waals surface area contributed by atoms with Crippen LogP contribution < -0.4 is 5.73 Å². The van der Waals surface area contributed by atoms with Crippen LogP contribution in [0.3, 0.4) is 0 Å². The van der Waals surface area contributed by atoms with Gasteiger partial charge in [0, 0.05) is 35.4 Å². The SMILES string of the molecule is CCC(c1nn(-c2cccnc2)c2cc(Cl)ccc12)n1nc(-c2cnn(C)c2)c2c(N)ncnc21. The first kappa shape index (κ1) is 21.2. The zero-order valence-electron chi connectivity index (χ0n) is 19.0. The van der Waals surface area contributed by atoms with E-state index in [1.807, 2.05) is 52.9 Å². The molecule has 6 rings (SSSR count). The van der Waals surface area contributed by atoms with Crippen LogP contribution in [0.1, 0.15) is 25.1 Å². The summed E-state index contributed by atoms with van der Waals surface area (Å²) in [6.07, 6.45) is 9.34. The Morgan fingerprint density at radius 2 is 2.00 bits per heavy atom. The third-order valence-corrected chi connectivity index (χ3v) is 6.29. The maximum absolute atomic E-state index is 6.37. The van der Waals surface area contributed by atoms with Crippen molar-refractivity contribution in [1.29, 1.82) is 0 Å². The van der Waals surface area contributed by atoms with Crippen molar-refractivity contribution in [2.45, 2.75) is 19.4 Å². The van der Waals surface area contributed by atoms with Crippen molar-refractivity contribution in [3.05, 3.63) is 72.2 Å². The van der Waals surface area contributed by atoms with Gasteiger partial charge >= 0.3 is 0 Å². The first-order chi connectivity index (χ1) is 17.0. The molecule has 0 amide bonds. The second-order valence-electron chi connectivity index (χ2n) is 8.25. The van der Waals surface area contributed by atoms with E-state index in [1.165, 1.54) is 6.33 Å². The summed E-state index contributed by atoms with van der Waals surface area (Å²) in [5.41, 5.74) is 11.0. The monoisotopic (exact) mass is 484 g/mol. The molecule has 5 heterocycles. The number of aryl methyl sites for hydroxylation is 1. The third-order valence-electron chi connectivity index (χ3n) is 6.06. The van der Waals surface area contributed by atoms with E-state index in [0.29, 0.717) is 27.6 Å². The molecule has 6 aromatic rings. The number of pyridine rings is 1. The molecule has 0 saturated carbocycles. The Bertz CT molecular complexity index is 1680. The Hall–Kier alpha value is -4.31. The standard InChI is InChI=1S/C24H21ClN10/c1-3-18(22-17-7-6-15(25)9-19(17)34(32-22)16-5-4-8-27-11-16)35-24-20(23(26)28-13-29-24)21(31-35)14-10-30-33(2)12-14/h4-13,18H,3H2,1-2H3,(H2,26,28,29). The Labute approximate surface area is 205 Å². The van der Waals surface area contributed by atoms with Crippen molar-refractivity contribution < 1.29 is 0 Å². The predicted molar refractivity (Wildman–Crippen MR) is 134 cm³/mol. The maximum atomic E-state index is 6.37. The van der Waals surface area contributed by atoms with Crippen LogP contribution in [0.4, 0.5) is 5.82 Å². The summed E-state index contributed by atoms with van der Waals surface area (Å²) in [6, 6.07) is 9.40. The summed E-state index contributed by atoms with van der Waals surface area (Å²) < 4.78 is 5.48. The van der Waals surface area contributed by atoms with E-state index in [1.54, 1.807) is 23.3 Å². The first-order valence-corrected chi connectivity index (χ1v) is 11.5. The number of aromatic nitrogens is 9. The summed E-state index contributed by atoms with van der Waals surface area (Å²) in [5.74, 6) is 0.368. The quantitative estimate of drug-likeness (QED) is 0.389. The minimum absolute atomic E-state index is 0.223. The highest BCUT2D eigenvalue weighted by Gasteiger charge is 2.27. The molecule has 11 heteroatoms. The number of halogens is 1. The summed E-state index contributed by atoms with van der Waals surface area (Å²) in [7, 11) is 1.86. The van der Waals surface area contributed by atoms with Gasteiger partial charge in [0.05, 0.1) is 40.7 Å². The van der Waals surface area contributed by atoms with Gasteiger partial charge in [-0.25, -0.2) is 19.3 Å². The topological polar surface area (TPSA) is 118 Å². The first-order valence-electron chi connectivity index (χ1n) is 11.1. The molecule has 0 radical (unpaired) electrons. The van der Waals surface area contributed by atoms with Gasteiger partial charge in [-0.1, -0.05) is 18.5 Å². The van der Waals surface area contributed by atoms with Gasteiger partial charge in [-0.3, -0.25) is 9.67 Å². The lowest BCUT2D eigenvalue weighted by molar-refractivity contribution is 0.509. The molecule has 0 bridgehead atoms. The summed E-state index contributed by atoms with van der Waals surface area (Å²) in [4.78, 5) is 13.0. The Morgan fingerprint density at radius 1 is 1.11 bits per heavy atom. The van der Waals surface area contributed by atoms with E-state index in [2.05, 4.69) is 27.0 Å². The molecule has 0 aliphatic heterocycles. The molecule has 2 N–H and O–H groups in total. The number of hydrogen-bond donors (Lipinski definition) is 1. The minimum Gasteiger partial charge on any atom is -0.383 e. The number of rotatable bonds is 5. The van der Waals surface area contributed by atoms with E-state index >= 15 is 0 Å². The summed E-state index contributed by atoms with van der Waals surface area (Å²) in [6.45, 7) is 2.09. The van der Waals surface area contributed by atoms with Gasteiger partial charge in [-0.2, -0.15) is 15.3 Å². The highest BCUT2D eigenvalue weighted by Crippen LogP contribution is 2.36. The van der Waals surface area contributed by atoms with Crippen molar-refractivity contribution in [2.75, 3.05) is 5.73 Å². The number of hydrogen-bond acceptors (Lipinski definition) is 7. The van der Waals surface area contributed by atoms with Gasteiger partial charge in [-0.05, 0) is 36.8 Å². The molecule has 1 atom stereocenters. The van der Waals surface area contributed by atoms with Crippen LogP contribution in [0, 0.1) is 0 Å². The van der Waals surface area contributed by atoms with E-state index in [0.717, 1.165) is 34.3 Å². The van der Waals surface area contributed by atoms with Crippen molar-refractivity contribution in [1.82, 2.24) is 44.3 Å². The largest absolute Gasteiger partial charge is 0.383 e. The molecule has 1 unspecified atom stereocenters. The number of nitrogen functional groups attached to an aromatic ring is 1. The second-order valence-corrected chi connectivity index (χ2v) is 8.68. The van der Waals surface area contributed by atoms with Crippen molar-refractivity contribution in [3.8, 4) is 16.9 Å². The molecular formula is C24H21ClN10. The third kappa shape index (κ3) is 3.41. The van der Waals surface area contributed by atoms with Gasteiger partial charge in [0.2, 0.25) is 0 Å². The van der Waals surface area contributed by atoms with Crippen LogP contribution in [-0.2, 0) is 7.05 Å². The Kier molecular flexibility index (Phi) is 4.96. The lowest BCUT2D eigenvalue weighted by Crippen LogP contribution is -2.13.